The topological polar surface area (TPSA) is 90.9 Å². The van der Waals surface area contributed by atoms with Crippen molar-refractivity contribution in [2.75, 3.05) is 31.6 Å². The van der Waals surface area contributed by atoms with Gasteiger partial charge in [0.25, 0.3) is 0 Å². The number of urea groups is 1. The Morgan fingerprint density at radius 1 is 1.23 bits per heavy atom. The van der Waals surface area contributed by atoms with Crippen LogP contribution in [-0.2, 0) is 11.2 Å². The SMILES string of the molecule is O=C(Nc1ccc(F)cc1)N[C@@H]1C(=O)N(CCO)C[C@H]1c1cc2c(cc1F)OCC2. The summed E-state index contributed by atoms with van der Waals surface area (Å²) in [4.78, 5) is 26.7. The van der Waals surface area contributed by atoms with Crippen LogP contribution < -0.4 is 15.4 Å². The number of halogens is 2. The zero-order chi connectivity index (χ0) is 21.3. The fourth-order valence-corrected chi connectivity index (χ4v) is 3.91. The van der Waals surface area contributed by atoms with Gasteiger partial charge in [-0.25, -0.2) is 13.6 Å². The highest BCUT2D eigenvalue weighted by molar-refractivity contribution is 5.95. The lowest BCUT2D eigenvalue weighted by Gasteiger charge is -2.20. The van der Waals surface area contributed by atoms with Crippen LogP contribution in [-0.4, -0.2) is 54.3 Å². The zero-order valence-corrected chi connectivity index (χ0v) is 16.0. The highest BCUT2D eigenvalue weighted by atomic mass is 19.1. The third-order valence-electron chi connectivity index (χ3n) is 5.36. The average molecular weight is 417 g/mol. The van der Waals surface area contributed by atoms with E-state index < -0.39 is 35.5 Å². The third-order valence-corrected chi connectivity index (χ3v) is 5.36. The number of carbonyl (C=O) groups excluding carboxylic acids is 2. The molecule has 7 nitrogen and oxygen atoms in total. The minimum absolute atomic E-state index is 0.0861. The molecule has 1 fully saturated rings. The van der Waals surface area contributed by atoms with Gasteiger partial charge in [0.05, 0.1) is 13.2 Å². The van der Waals surface area contributed by atoms with E-state index in [0.717, 1.165) is 5.56 Å². The van der Waals surface area contributed by atoms with Crippen LogP contribution in [0.15, 0.2) is 36.4 Å². The quantitative estimate of drug-likeness (QED) is 0.694. The second-order valence-corrected chi connectivity index (χ2v) is 7.28. The number of aliphatic hydroxyl groups is 1. The molecule has 2 heterocycles. The summed E-state index contributed by atoms with van der Waals surface area (Å²) in [6, 6.07) is 6.50. The van der Waals surface area contributed by atoms with Crippen LogP contribution in [0.2, 0.25) is 0 Å². The molecule has 2 aromatic rings. The van der Waals surface area contributed by atoms with Gasteiger partial charge in [0.1, 0.15) is 23.4 Å². The van der Waals surface area contributed by atoms with Gasteiger partial charge < -0.3 is 25.4 Å². The second-order valence-electron chi connectivity index (χ2n) is 7.28. The Hall–Kier alpha value is -3.20. The van der Waals surface area contributed by atoms with Gasteiger partial charge in [-0.1, -0.05) is 0 Å². The second kappa shape index (κ2) is 8.27. The van der Waals surface area contributed by atoms with Gasteiger partial charge in [-0.15, -0.1) is 0 Å². The van der Waals surface area contributed by atoms with Crippen molar-refractivity contribution < 1.29 is 28.2 Å². The Labute approximate surface area is 171 Å². The number of benzene rings is 2. The number of ether oxygens (including phenoxy) is 1. The maximum Gasteiger partial charge on any atom is 0.319 e. The first-order valence-electron chi connectivity index (χ1n) is 9.64. The molecule has 0 bridgehead atoms. The van der Waals surface area contributed by atoms with Gasteiger partial charge >= 0.3 is 6.03 Å². The molecule has 0 unspecified atom stereocenters. The van der Waals surface area contributed by atoms with E-state index in [0.29, 0.717) is 30.0 Å². The lowest BCUT2D eigenvalue weighted by Crippen LogP contribution is -2.45. The first-order valence-corrected chi connectivity index (χ1v) is 9.64. The summed E-state index contributed by atoms with van der Waals surface area (Å²) in [6.45, 7) is 0.480. The first-order chi connectivity index (χ1) is 14.5. The largest absolute Gasteiger partial charge is 0.493 e. The summed E-state index contributed by atoms with van der Waals surface area (Å²) in [5.41, 5.74) is 1.53. The molecule has 0 aliphatic carbocycles. The Bertz CT molecular complexity index is 967. The van der Waals surface area contributed by atoms with Crippen molar-refractivity contribution in [3.63, 3.8) is 0 Å². The van der Waals surface area contributed by atoms with Gasteiger partial charge in [0.15, 0.2) is 0 Å². The molecule has 30 heavy (non-hydrogen) atoms. The molecule has 4 rings (SSSR count). The molecule has 2 aliphatic heterocycles. The number of aliphatic hydroxyl groups excluding tert-OH is 1. The number of rotatable bonds is 5. The molecule has 3 amide bonds. The lowest BCUT2D eigenvalue weighted by molar-refractivity contribution is -0.129. The number of nitrogens with zero attached hydrogens (tertiary/aromatic N) is 1. The molecule has 2 aromatic carbocycles. The van der Waals surface area contributed by atoms with Gasteiger partial charge in [-0.05, 0) is 41.5 Å². The number of amides is 3. The molecule has 0 aromatic heterocycles. The highest BCUT2D eigenvalue weighted by Gasteiger charge is 2.43. The summed E-state index contributed by atoms with van der Waals surface area (Å²) in [5.74, 6) is -1.49. The van der Waals surface area contributed by atoms with E-state index in [9.17, 15) is 23.5 Å². The number of carbonyl (C=O) groups is 2. The predicted molar refractivity (Wildman–Crippen MR) is 104 cm³/mol. The predicted octanol–water partition coefficient (Wildman–Crippen LogP) is 2.01. The van der Waals surface area contributed by atoms with Gasteiger partial charge in [0.2, 0.25) is 5.91 Å². The van der Waals surface area contributed by atoms with Crippen LogP contribution in [0.25, 0.3) is 0 Å². The number of β-amino-alcohol motifs (C(OH)–C–C–N with tert-alkyl or cyclic N) is 1. The first kappa shape index (κ1) is 20.1. The molecule has 2 atom stereocenters. The van der Waals surface area contributed by atoms with Gasteiger partial charge in [0, 0.05) is 37.2 Å². The molecule has 0 radical (unpaired) electrons. The summed E-state index contributed by atoms with van der Waals surface area (Å²) in [7, 11) is 0. The minimum Gasteiger partial charge on any atom is -0.493 e. The van der Waals surface area contributed by atoms with Gasteiger partial charge in [-0.3, -0.25) is 4.79 Å². The zero-order valence-electron chi connectivity index (χ0n) is 16.0. The molecular formula is C21H21F2N3O4. The van der Waals surface area contributed by atoms with Gasteiger partial charge in [-0.2, -0.15) is 0 Å². The van der Waals surface area contributed by atoms with E-state index >= 15 is 0 Å². The highest BCUT2D eigenvalue weighted by Crippen LogP contribution is 2.36. The number of anilines is 1. The normalized spacial score (nSPS) is 20.1. The van der Waals surface area contributed by atoms with E-state index in [4.69, 9.17) is 4.74 Å². The molecule has 158 valence electrons. The lowest BCUT2D eigenvalue weighted by atomic mass is 9.91. The van der Waals surface area contributed by atoms with Crippen molar-refractivity contribution in [1.29, 1.82) is 0 Å². The molecule has 0 spiro atoms. The summed E-state index contributed by atoms with van der Waals surface area (Å²) >= 11 is 0. The maximum atomic E-state index is 14.8. The number of nitrogens with one attached hydrogen (secondary N) is 2. The smallest absolute Gasteiger partial charge is 0.319 e. The number of hydrogen-bond donors (Lipinski definition) is 3. The van der Waals surface area contributed by atoms with E-state index in [2.05, 4.69) is 10.6 Å². The molecule has 0 saturated carbocycles. The fourth-order valence-electron chi connectivity index (χ4n) is 3.91. The summed E-state index contributed by atoms with van der Waals surface area (Å²) in [6.07, 6.45) is 0.646. The third kappa shape index (κ3) is 3.93. The van der Waals surface area contributed by atoms with Crippen LogP contribution in [0.5, 0.6) is 5.75 Å². The Morgan fingerprint density at radius 3 is 2.73 bits per heavy atom. The van der Waals surface area contributed by atoms with Crippen molar-refractivity contribution in [3.8, 4) is 5.75 Å². The molecule has 9 heteroatoms. The van der Waals surface area contributed by atoms with Crippen LogP contribution >= 0.6 is 0 Å². The van der Waals surface area contributed by atoms with Crippen molar-refractivity contribution in [2.24, 2.45) is 0 Å². The van der Waals surface area contributed by atoms with Crippen LogP contribution in [0, 0.1) is 11.6 Å². The van der Waals surface area contributed by atoms with Crippen molar-refractivity contribution >= 4 is 17.6 Å². The fraction of sp³-hybridized carbons (Fsp3) is 0.333. The average Bonchev–Trinajstić information content (AvgIpc) is 3.28. The van der Waals surface area contributed by atoms with E-state index in [1.54, 1.807) is 6.07 Å². The number of likely N-dealkylation sites (tertiary alicyclic amines) is 1. The number of fused-ring (bicyclic) bond motifs is 1. The molecule has 2 aliphatic rings. The number of hydrogen-bond acceptors (Lipinski definition) is 4. The standard InChI is InChI=1S/C21H21F2N3O4/c22-13-1-3-14(4-2-13)24-21(29)25-19-16(11-26(6-7-27)20(19)28)15-9-12-5-8-30-18(12)10-17(15)23/h1-4,9-10,16,19,27H,5-8,11H2,(H2,24,25,29)/t16-,19-/m0/s1. The van der Waals surface area contributed by atoms with E-state index in [1.807, 2.05) is 0 Å². The maximum absolute atomic E-state index is 14.8. The Kier molecular flexibility index (Phi) is 5.54. The van der Waals surface area contributed by atoms with E-state index in [1.165, 1.54) is 35.2 Å². The van der Waals surface area contributed by atoms with Crippen LogP contribution in [0.4, 0.5) is 19.3 Å². The molecular weight excluding hydrogens is 396 g/mol. The van der Waals surface area contributed by atoms with Crippen molar-refractivity contribution in [3.05, 3.63) is 59.2 Å². The Morgan fingerprint density at radius 2 is 2.00 bits per heavy atom. The van der Waals surface area contributed by atoms with Crippen molar-refractivity contribution in [1.82, 2.24) is 10.2 Å². The minimum atomic E-state index is -1.01. The van der Waals surface area contributed by atoms with Crippen LogP contribution in [0.3, 0.4) is 0 Å². The molecule has 1 saturated heterocycles. The monoisotopic (exact) mass is 417 g/mol. The van der Waals surface area contributed by atoms with E-state index in [-0.39, 0.29) is 19.7 Å². The molecule has 3 N–H and O–H groups in total. The summed E-state index contributed by atoms with van der Waals surface area (Å²) < 4.78 is 33.2. The summed E-state index contributed by atoms with van der Waals surface area (Å²) in [5, 5.41) is 14.4. The van der Waals surface area contributed by atoms with Crippen LogP contribution in [0.1, 0.15) is 17.0 Å². The van der Waals surface area contributed by atoms with Crippen molar-refractivity contribution in [2.45, 2.75) is 18.4 Å². The Balaban J connectivity index is 1.57.